The standard InChI is InChI=1S/C22H23N3OS/c26-22(16-6-2-1-3-7-16)24-20-10-11-21(19-9-5-4-8-18(19)20)27-25-17-12-14-23-15-13-17/h1-11,17,23,25H,12-15H2,(H,24,26). The number of hydrogen-bond donors (Lipinski definition) is 3. The molecule has 5 heteroatoms. The molecule has 27 heavy (non-hydrogen) atoms. The summed E-state index contributed by atoms with van der Waals surface area (Å²) in [5.41, 5.74) is 1.50. The van der Waals surface area contributed by atoms with Crippen LogP contribution in [0.3, 0.4) is 0 Å². The largest absolute Gasteiger partial charge is 0.321 e. The first-order chi connectivity index (χ1) is 13.3. The molecular formula is C22H23N3OS. The molecule has 1 fully saturated rings. The van der Waals surface area contributed by atoms with Crippen molar-refractivity contribution in [3.05, 3.63) is 72.3 Å². The maximum atomic E-state index is 12.5. The van der Waals surface area contributed by atoms with Crippen molar-refractivity contribution in [1.29, 1.82) is 0 Å². The highest BCUT2D eigenvalue weighted by molar-refractivity contribution is 7.97. The predicted octanol–water partition coefficient (Wildman–Crippen LogP) is 4.44. The zero-order valence-electron chi connectivity index (χ0n) is 15.1. The summed E-state index contributed by atoms with van der Waals surface area (Å²) >= 11 is 1.69. The number of carbonyl (C=O) groups excluding carboxylic acids is 1. The van der Waals surface area contributed by atoms with Crippen molar-refractivity contribution in [2.24, 2.45) is 0 Å². The molecule has 1 aliphatic rings. The normalized spacial score (nSPS) is 15.0. The third-order valence-electron chi connectivity index (χ3n) is 4.84. The molecule has 0 aromatic heterocycles. The van der Waals surface area contributed by atoms with Crippen molar-refractivity contribution in [3.8, 4) is 0 Å². The van der Waals surface area contributed by atoms with Crippen LogP contribution < -0.4 is 15.4 Å². The number of rotatable bonds is 5. The van der Waals surface area contributed by atoms with Gasteiger partial charge in [0, 0.05) is 27.6 Å². The topological polar surface area (TPSA) is 53.2 Å². The second-order valence-corrected chi connectivity index (χ2v) is 7.60. The van der Waals surface area contributed by atoms with Crippen LogP contribution in [0.5, 0.6) is 0 Å². The summed E-state index contributed by atoms with van der Waals surface area (Å²) in [5.74, 6) is -0.0889. The molecule has 0 spiro atoms. The Hall–Kier alpha value is -2.34. The van der Waals surface area contributed by atoms with Crippen molar-refractivity contribution in [3.63, 3.8) is 0 Å². The molecule has 3 aromatic carbocycles. The first-order valence-electron chi connectivity index (χ1n) is 9.32. The van der Waals surface area contributed by atoms with E-state index in [4.69, 9.17) is 0 Å². The van der Waals surface area contributed by atoms with Crippen molar-refractivity contribution in [2.45, 2.75) is 23.8 Å². The minimum Gasteiger partial charge on any atom is -0.321 e. The first-order valence-corrected chi connectivity index (χ1v) is 10.1. The molecule has 0 atom stereocenters. The van der Waals surface area contributed by atoms with Gasteiger partial charge in [-0.2, -0.15) is 0 Å². The highest BCUT2D eigenvalue weighted by atomic mass is 32.2. The third-order valence-corrected chi connectivity index (χ3v) is 5.87. The summed E-state index contributed by atoms with van der Waals surface area (Å²) in [6.45, 7) is 2.15. The number of benzene rings is 3. The Balaban J connectivity index is 1.55. The molecule has 1 amide bonds. The van der Waals surface area contributed by atoms with Crippen molar-refractivity contribution in [1.82, 2.24) is 10.0 Å². The summed E-state index contributed by atoms with van der Waals surface area (Å²) in [7, 11) is 0. The molecule has 4 rings (SSSR count). The first kappa shape index (κ1) is 18.0. The van der Waals surface area contributed by atoms with Crippen LogP contribution >= 0.6 is 11.9 Å². The molecule has 138 valence electrons. The summed E-state index contributed by atoms with van der Waals surface area (Å²) in [6, 6.07) is 22.1. The molecule has 0 radical (unpaired) electrons. The molecule has 1 aliphatic heterocycles. The van der Waals surface area contributed by atoms with Gasteiger partial charge >= 0.3 is 0 Å². The molecule has 3 aromatic rings. The lowest BCUT2D eigenvalue weighted by molar-refractivity contribution is 0.102. The van der Waals surface area contributed by atoms with Crippen LogP contribution in [0.4, 0.5) is 5.69 Å². The minimum absolute atomic E-state index is 0.0889. The lowest BCUT2D eigenvalue weighted by Crippen LogP contribution is -2.37. The van der Waals surface area contributed by atoms with E-state index >= 15 is 0 Å². The monoisotopic (exact) mass is 377 g/mol. The van der Waals surface area contributed by atoms with Crippen LogP contribution in [0.1, 0.15) is 23.2 Å². The molecule has 0 aliphatic carbocycles. The Labute approximate surface area is 163 Å². The lowest BCUT2D eigenvalue weighted by Gasteiger charge is -2.23. The van der Waals surface area contributed by atoms with E-state index in [0.717, 1.165) is 42.4 Å². The Morgan fingerprint density at radius 2 is 1.59 bits per heavy atom. The molecule has 1 heterocycles. The van der Waals surface area contributed by atoms with E-state index in [1.54, 1.807) is 11.9 Å². The Morgan fingerprint density at radius 1 is 0.889 bits per heavy atom. The van der Waals surface area contributed by atoms with Crippen molar-refractivity contribution < 1.29 is 4.79 Å². The summed E-state index contributed by atoms with van der Waals surface area (Å²) in [4.78, 5) is 13.7. The third kappa shape index (κ3) is 4.33. The van der Waals surface area contributed by atoms with Gasteiger partial charge in [0.15, 0.2) is 0 Å². The van der Waals surface area contributed by atoms with Gasteiger partial charge in [-0.3, -0.25) is 9.52 Å². The number of anilines is 1. The van der Waals surface area contributed by atoms with Crippen LogP contribution in [0.2, 0.25) is 0 Å². The van der Waals surface area contributed by atoms with Gasteiger partial charge in [0.2, 0.25) is 0 Å². The van der Waals surface area contributed by atoms with Gasteiger partial charge in [0.1, 0.15) is 0 Å². The van der Waals surface area contributed by atoms with Gasteiger partial charge in [-0.25, -0.2) is 0 Å². The van der Waals surface area contributed by atoms with Crippen LogP contribution in [-0.2, 0) is 0 Å². The average molecular weight is 378 g/mol. The van der Waals surface area contributed by atoms with Crippen LogP contribution in [0, 0.1) is 0 Å². The van der Waals surface area contributed by atoms with Gasteiger partial charge in [-0.15, -0.1) is 0 Å². The number of amides is 1. The van der Waals surface area contributed by atoms with Gasteiger partial charge in [0.25, 0.3) is 5.91 Å². The average Bonchev–Trinajstić information content (AvgIpc) is 2.74. The Kier molecular flexibility index (Phi) is 5.72. The fourth-order valence-corrected chi connectivity index (χ4v) is 4.29. The fourth-order valence-electron chi connectivity index (χ4n) is 3.34. The number of nitrogens with one attached hydrogen (secondary N) is 3. The van der Waals surface area contributed by atoms with E-state index in [1.165, 1.54) is 4.90 Å². The minimum atomic E-state index is -0.0889. The van der Waals surface area contributed by atoms with Gasteiger partial charge in [-0.05, 0) is 67.5 Å². The SMILES string of the molecule is O=C(Nc1ccc(SNC2CCNCC2)c2ccccc12)c1ccccc1. The van der Waals surface area contributed by atoms with Crippen LogP contribution in [0.25, 0.3) is 10.8 Å². The maximum absolute atomic E-state index is 12.5. The summed E-state index contributed by atoms with van der Waals surface area (Å²) in [5, 5.41) is 8.65. The molecule has 4 nitrogen and oxygen atoms in total. The number of hydrogen-bond acceptors (Lipinski definition) is 4. The number of fused-ring (bicyclic) bond motifs is 1. The number of piperidine rings is 1. The fraction of sp³-hybridized carbons (Fsp3) is 0.227. The molecule has 0 bridgehead atoms. The van der Waals surface area contributed by atoms with Gasteiger partial charge in [0.05, 0.1) is 0 Å². The smallest absolute Gasteiger partial charge is 0.255 e. The molecule has 0 saturated carbocycles. The van der Waals surface area contributed by atoms with Crippen LogP contribution in [0.15, 0.2) is 71.6 Å². The van der Waals surface area contributed by atoms with Crippen LogP contribution in [-0.4, -0.2) is 25.0 Å². The van der Waals surface area contributed by atoms with E-state index < -0.39 is 0 Å². The second kappa shape index (κ2) is 8.57. The van der Waals surface area contributed by atoms with E-state index in [2.05, 4.69) is 33.6 Å². The number of carbonyl (C=O) groups is 1. The highest BCUT2D eigenvalue weighted by Gasteiger charge is 2.14. The Morgan fingerprint density at radius 3 is 2.37 bits per heavy atom. The summed E-state index contributed by atoms with van der Waals surface area (Å²) in [6.07, 6.45) is 2.30. The highest BCUT2D eigenvalue weighted by Crippen LogP contribution is 2.32. The maximum Gasteiger partial charge on any atom is 0.255 e. The predicted molar refractivity (Wildman–Crippen MR) is 113 cm³/mol. The van der Waals surface area contributed by atoms with E-state index in [9.17, 15) is 4.79 Å². The van der Waals surface area contributed by atoms with E-state index in [-0.39, 0.29) is 5.91 Å². The molecule has 3 N–H and O–H groups in total. The second-order valence-electron chi connectivity index (χ2n) is 6.72. The lowest BCUT2D eigenvalue weighted by atomic mass is 10.1. The van der Waals surface area contributed by atoms with Crippen molar-refractivity contribution in [2.75, 3.05) is 18.4 Å². The zero-order chi connectivity index (χ0) is 18.5. The van der Waals surface area contributed by atoms with Crippen molar-refractivity contribution >= 4 is 34.3 Å². The van der Waals surface area contributed by atoms with E-state index in [1.807, 2.05) is 48.5 Å². The molecule has 1 saturated heterocycles. The Bertz CT molecular complexity index is 923. The van der Waals surface area contributed by atoms with Gasteiger partial charge in [-0.1, -0.05) is 42.5 Å². The summed E-state index contributed by atoms with van der Waals surface area (Å²) < 4.78 is 3.61. The van der Waals surface area contributed by atoms with E-state index in [0.29, 0.717) is 11.6 Å². The molecule has 0 unspecified atom stereocenters. The quantitative estimate of drug-likeness (QED) is 0.576. The molecular weight excluding hydrogens is 354 g/mol. The zero-order valence-corrected chi connectivity index (χ0v) is 15.9. The van der Waals surface area contributed by atoms with Gasteiger partial charge < -0.3 is 10.6 Å².